The van der Waals surface area contributed by atoms with Crippen LogP contribution in [0, 0.1) is 0 Å². The van der Waals surface area contributed by atoms with Gasteiger partial charge in [0.1, 0.15) is 6.04 Å². The van der Waals surface area contributed by atoms with E-state index < -0.39 is 0 Å². The summed E-state index contributed by atoms with van der Waals surface area (Å²) in [6.07, 6.45) is 0.879. The highest BCUT2D eigenvalue weighted by Gasteiger charge is 2.30. The van der Waals surface area contributed by atoms with Crippen LogP contribution in [0.25, 0.3) is 0 Å². The zero-order valence-electron chi connectivity index (χ0n) is 8.61. The van der Waals surface area contributed by atoms with Crippen molar-refractivity contribution < 1.29 is 9.53 Å². The predicted molar refractivity (Wildman–Crippen MR) is 53.6 cm³/mol. The van der Waals surface area contributed by atoms with Gasteiger partial charge in [-0.1, -0.05) is 0 Å². The maximum Gasteiger partial charge on any atom is 0.237 e. The molecule has 0 saturated carbocycles. The van der Waals surface area contributed by atoms with Crippen LogP contribution < -0.4 is 11.5 Å². The van der Waals surface area contributed by atoms with E-state index >= 15 is 0 Å². The number of rotatable bonds is 4. The Hall–Kier alpha value is -0.650. The maximum atomic E-state index is 11.1. The topological polar surface area (TPSA) is 81.6 Å². The summed E-state index contributed by atoms with van der Waals surface area (Å²) in [6.45, 7) is 4.52. The second kappa shape index (κ2) is 5.29. The van der Waals surface area contributed by atoms with Gasteiger partial charge in [0.25, 0.3) is 0 Å². The molecule has 5 heteroatoms. The average Bonchev–Trinajstić information content (AvgIpc) is 2.18. The lowest BCUT2D eigenvalue weighted by atomic mass is 10.1. The van der Waals surface area contributed by atoms with Gasteiger partial charge in [0.05, 0.1) is 13.2 Å². The van der Waals surface area contributed by atoms with E-state index in [-0.39, 0.29) is 11.9 Å². The van der Waals surface area contributed by atoms with E-state index in [9.17, 15) is 4.79 Å². The third-order valence-corrected chi connectivity index (χ3v) is 2.65. The number of primary amides is 1. The van der Waals surface area contributed by atoms with E-state index in [1.54, 1.807) is 0 Å². The number of nitrogens with two attached hydrogens (primary N) is 2. The summed E-state index contributed by atoms with van der Waals surface area (Å²) in [5, 5.41) is 0. The first-order chi connectivity index (χ1) is 6.66. The van der Waals surface area contributed by atoms with Gasteiger partial charge in [-0.2, -0.15) is 0 Å². The standard InChI is InChI=1S/C9H19N3O2/c1-7(2-3-10)12-4-5-14-6-8(12)9(11)13/h7-8H,2-6,10H2,1H3,(H2,11,13). The van der Waals surface area contributed by atoms with E-state index in [1.165, 1.54) is 0 Å². The fraction of sp³-hybridized carbons (Fsp3) is 0.889. The Morgan fingerprint density at radius 1 is 1.71 bits per heavy atom. The van der Waals surface area contributed by atoms with E-state index in [2.05, 4.69) is 11.8 Å². The minimum atomic E-state index is -0.312. The molecule has 82 valence electrons. The second-order valence-corrected chi connectivity index (χ2v) is 3.66. The summed E-state index contributed by atoms with van der Waals surface area (Å²) < 4.78 is 5.23. The number of morpholine rings is 1. The van der Waals surface area contributed by atoms with Crippen molar-refractivity contribution in [3.05, 3.63) is 0 Å². The van der Waals surface area contributed by atoms with Crippen molar-refractivity contribution in [1.82, 2.24) is 4.90 Å². The molecule has 1 fully saturated rings. The summed E-state index contributed by atoms with van der Waals surface area (Å²) in [4.78, 5) is 13.2. The SMILES string of the molecule is CC(CCN)N1CCOCC1C(N)=O. The molecule has 0 spiro atoms. The van der Waals surface area contributed by atoms with Crippen molar-refractivity contribution in [2.24, 2.45) is 11.5 Å². The van der Waals surface area contributed by atoms with Crippen LogP contribution in [0.1, 0.15) is 13.3 Å². The lowest BCUT2D eigenvalue weighted by Gasteiger charge is -2.37. The molecule has 0 aromatic carbocycles. The minimum Gasteiger partial charge on any atom is -0.378 e. The molecule has 2 atom stereocenters. The van der Waals surface area contributed by atoms with E-state index in [0.717, 1.165) is 13.0 Å². The van der Waals surface area contributed by atoms with Gasteiger partial charge in [-0.25, -0.2) is 0 Å². The molecule has 4 N–H and O–H groups in total. The van der Waals surface area contributed by atoms with Gasteiger partial charge in [0, 0.05) is 12.6 Å². The Balaban J connectivity index is 2.57. The van der Waals surface area contributed by atoms with Crippen LogP contribution in [0.4, 0.5) is 0 Å². The number of ether oxygens (including phenoxy) is 1. The first-order valence-electron chi connectivity index (χ1n) is 4.99. The first kappa shape index (κ1) is 11.4. The highest BCUT2D eigenvalue weighted by Crippen LogP contribution is 2.12. The zero-order valence-corrected chi connectivity index (χ0v) is 8.61. The molecule has 0 aromatic rings. The first-order valence-corrected chi connectivity index (χ1v) is 4.99. The summed E-state index contributed by atoms with van der Waals surface area (Å²) in [7, 11) is 0. The van der Waals surface area contributed by atoms with E-state index in [4.69, 9.17) is 16.2 Å². The minimum absolute atomic E-state index is 0.287. The van der Waals surface area contributed by atoms with Gasteiger partial charge in [-0.15, -0.1) is 0 Å². The largest absolute Gasteiger partial charge is 0.378 e. The van der Waals surface area contributed by atoms with Crippen molar-refractivity contribution in [1.29, 1.82) is 0 Å². The predicted octanol–water partition coefficient (Wildman–Crippen LogP) is -1.09. The van der Waals surface area contributed by atoms with Gasteiger partial charge in [-0.05, 0) is 19.9 Å². The number of amides is 1. The number of carbonyl (C=O) groups is 1. The Morgan fingerprint density at radius 2 is 2.43 bits per heavy atom. The molecule has 1 heterocycles. The molecule has 5 nitrogen and oxygen atoms in total. The summed E-state index contributed by atoms with van der Waals surface area (Å²) in [5.74, 6) is -0.312. The van der Waals surface area contributed by atoms with Gasteiger partial charge in [-0.3, -0.25) is 9.69 Å². The van der Waals surface area contributed by atoms with Crippen LogP contribution >= 0.6 is 0 Å². The smallest absolute Gasteiger partial charge is 0.237 e. The molecule has 14 heavy (non-hydrogen) atoms. The van der Waals surface area contributed by atoms with Crippen LogP contribution in [-0.4, -0.2) is 49.2 Å². The molecule has 2 unspecified atom stereocenters. The number of hydrogen-bond donors (Lipinski definition) is 2. The maximum absolute atomic E-state index is 11.1. The number of carbonyl (C=O) groups excluding carboxylic acids is 1. The summed E-state index contributed by atoms with van der Waals surface area (Å²) in [6, 6.07) is 0.00620. The van der Waals surface area contributed by atoms with E-state index in [1.807, 2.05) is 0 Å². The van der Waals surface area contributed by atoms with Crippen molar-refractivity contribution in [3.63, 3.8) is 0 Å². The molecule has 0 radical (unpaired) electrons. The third kappa shape index (κ3) is 2.67. The normalized spacial score (nSPS) is 26.0. The Labute approximate surface area is 84.4 Å². The monoisotopic (exact) mass is 201 g/mol. The van der Waals surface area contributed by atoms with Crippen LogP contribution in [0.2, 0.25) is 0 Å². The Morgan fingerprint density at radius 3 is 3.00 bits per heavy atom. The van der Waals surface area contributed by atoms with Gasteiger partial charge in [0.15, 0.2) is 0 Å². The highest BCUT2D eigenvalue weighted by molar-refractivity contribution is 5.80. The average molecular weight is 201 g/mol. The molecular formula is C9H19N3O2. The lowest BCUT2D eigenvalue weighted by molar-refractivity contribution is -0.131. The van der Waals surface area contributed by atoms with Gasteiger partial charge >= 0.3 is 0 Å². The zero-order chi connectivity index (χ0) is 10.6. The third-order valence-electron chi connectivity index (χ3n) is 2.65. The number of nitrogens with zero attached hydrogens (tertiary/aromatic N) is 1. The van der Waals surface area contributed by atoms with Crippen molar-refractivity contribution in [2.45, 2.75) is 25.4 Å². The van der Waals surface area contributed by atoms with Crippen LogP contribution in [0.5, 0.6) is 0 Å². The fourth-order valence-electron chi connectivity index (χ4n) is 1.80. The number of hydrogen-bond acceptors (Lipinski definition) is 4. The molecule has 1 aliphatic rings. The van der Waals surface area contributed by atoms with Gasteiger partial charge in [0.2, 0.25) is 5.91 Å². The molecule has 1 aliphatic heterocycles. The fourth-order valence-corrected chi connectivity index (χ4v) is 1.80. The molecule has 0 aliphatic carbocycles. The van der Waals surface area contributed by atoms with Crippen molar-refractivity contribution in [2.75, 3.05) is 26.3 Å². The van der Waals surface area contributed by atoms with Crippen molar-refractivity contribution >= 4 is 5.91 Å². The summed E-state index contributed by atoms with van der Waals surface area (Å²) >= 11 is 0. The second-order valence-electron chi connectivity index (χ2n) is 3.66. The Bertz CT molecular complexity index is 198. The quantitative estimate of drug-likeness (QED) is 0.605. The van der Waals surface area contributed by atoms with Crippen LogP contribution in [0.3, 0.4) is 0 Å². The molecule has 1 rings (SSSR count). The lowest BCUT2D eigenvalue weighted by Crippen LogP contribution is -2.55. The molecule has 1 saturated heterocycles. The van der Waals surface area contributed by atoms with Crippen LogP contribution in [-0.2, 0) is 9.53 Å². The molecule has 0 aromatic heterocycles. The van der Waals surface area contributed by atoms with Crippen molar-refractivity contribution in [3.8, 4) is 0 Å². The summed E-state index contributed by atoms with van der Waals surface area (Å²) in [5.41, 5.74) is 10.8. The Kier molecular flexibility index (Phi) is 4.31. The molecule has 1 amide bonds. The van der Waals surface area contributed by atoms with Crippen LogP contribution in [0.15, 0.2) is 0 Å². The van der Waals surface area contributed by atoms with Gasteiger partial charge < -0.3 is 16.2 Å². The molecule has 0 bridgehead atoms. The highest BCUT2D eigenvalue weighted by atomic mass is 16.5. The molecular weight excluding hydrogens is 182 g/mol. The van der Waals surface area contributed by atoms with E-state index in [0.29, 0.717) is 25.8 Å².